The SMILES string of the molecule is COC(C)(C)CNCCCCC1CCOCC1. The summed E-state index contributed by atoms with van der Waals surface area (Å²) in [4.78, 5) is 0. The standard InChI is InChI=1S/C14H29NO2/c1-14(2,16-3)12-15-9-5-4-6-13-7-10-17-11-8-13/h13,15H,4-12H2,1-3H3. The minimum atomic E-state index is -0.0410. The second kappa shape index (κ2) is 8.06. The van der Waals surface area contributed by atoms with Crippen LogP contribution < -0.4 is 5.32 Å². The maximum atomic E-state index is 5.37. The van der Waals surface area contributed by atoms with Crippen LogP contribution in [0.4, 0.5) is 0 Å². The summed E-state index contributed by atoms with van der Waals surface area (Å²) in [6, 6.07) is 0. The molecule has 0 amide bonds. The van der Waals surface area contributed by atoms with Gasteiger partial charge in [0.05, 0.1) is 5.60 Å². The molecule has 0 bridgehead atoms. The average molecular weight is 243 g/mol. The lowest BCUT2D eigenvalue weighted by Crippen LogP contribution is -2.37. The third-order valence-corrected chi connectivity index (χ3v) is 3.66. The van der Waals surface area contributed by atoms with E-state index in [0.717, 1.165) is 32.2 Å². The first kappa shape index (κ1) is 14.9. The molecule has 1 fully saturated rings. The molecular formula is C14H29NO2. The molecule has 0 atom stereocenters. The third-order valence-electron chi connectivity index (χ3n) is 3.66. The molecule has 0 saturated carbocycles. The number of unbranched alkanes of at least 4 members (excludes halogenated alkanes) is 1. The smallest absolute Gasteiger partial charge is 0.0746 e. The quantitative estimate of drug-likeness (QED) is 0.665. The summed E-state index contributed by atoms with van der Waals surface area (Å²) in [5, 5.41) is 3.46. The normalized spacial score (nSPS) is 18.5. The Morgan fingerprint density at radius 1 is 1.24 bits per heavy atom. The fourth-order valence-corrected chi connectivity index (χ4v) is 2.18. The van der Waals surface area contributed by atoms with Gasteiger partial charge in [0.15, 0.2) is 0 Å². The molecule has 3 heteroatoms. The monoisotopic (exact) mass is 243 g/mol. The Hall–Kier alpha value is -0.120. The number of methoxy groups -OCH3 is 1. The van der Waals surface area contributed by atoms with Crippen molar-refractivity contribution >= 4 is 0 Å². The van der Waals surface area contributed by atoms with E-state index in [9.17, 15) is 0 Å². The van der Waals surface area contributed by atoms with Crippen LogP contribution in [0.2, 0.25) is 0 Å². The van der Waals surface area contributed by atoms with Crippen LogP contribution in [0, 0.1) is 5.92 Å². The van der Waals surface area contributed by atoms with Crippen LogP contribution in [-0.4, -0.2) is 39.0 Å². The lowest BCUT2D eigenvalue weighted by Gasteiger charge is -2.24. The lowest BCUT2D eigenvalue weighted by atomic mass is 9.94. The lowest BCUT2D eigenvalue weighted by molar-refractivity contribution is 0.0233. The summed E-state index contributed by atoms with van der Waals surface area (Å²) >= 11 is 0. The van der Waals surface area contributed by atoms with E-state index in [1.54, 1.807) is 7.11 Å². The molecule has 0 aliphatic carbocycles. The second-order valence-electron chi connectivity index (χ2n) is 5.69. The predicted octanol–water partition coefficient (Wildman–Crippen LogP) is 2.60. The van der Waals surface area contributed by atoms with E-state index in [0.29, 0.717) is 0 Å². The predicted molar refractivity (Wildman–Crippen MR) is 71.4 cm³/mol. The van der Waals surface area contributed by atoms with E-state index in [4.69, 9.17) is 9.47 Å². The van der Waals surface area contributed by atoms with Gasteiger partial charge in [0.2, 0.25) is 0 Å². The largest absolute Gasteiger partial charge is 0.381 e. The summed E-state index contributed by atoms with van der Waals surface area (Å²) in [5.74, 6) is 0.916. The van der Waals surface area contributed by atoms with Crippen molar-refractivity contribution in [3.63, 3.8) is 0 Å². The zero-order chi connectivity index (χ0) is 12.6. The number of ether oxygens (including phenoxy) is 2. The summed E-state index contributed by atoms with van der Waals surface area (Å²) < 4.78 is 10.7. The van der Waals surface area contributed by atoms with Gasteiger partial charge < -0.3 is 14.8 Å². The second-order valence-corrected chi connectivity index (χ2v) is 5.69. The van der Waals surface area contributed by atoms with E-state index in [-0.39, 0.29) is 5.60 Å². The van der Waals surface area contributed by atoms with Crippen molar-refractivity contribution in [2.45, 2.75) is 51.6 Å². The van der Waals surface area contributed by atoms with E-state index in [1.165, 1.54) is 32.1 Å². The van der Waals surface area contributed by atoms with Crippen LogP contribution in [0.15, 0.2) is 0 Å². The molecule has 1 N–H and O–H groups in total. The van der Waals surface area contributed by atoms with Crippen LogP contribution >= 0.6 is 0 Å². The van der Waals surface area contributed by atoms with Crippen molar-refractivity contribution in [2.75, 3.05) is 33.4 Å². The Labute approximate surface area is 106 Å². The maximum absolute atomic E-state index is 5.37. The number of rotatable bonds is 8. The van der Waals surface area contributed by atoms with Gasteiger partial charge in [0.1, 0.15) is 0 Å². The molecule has 0 aromatic rings. The third kappa shape index (κ3) is 7.02. The number of hydrogen-bond donors (Lipinski definition) is 1. The van der Waals surface area contributed by atoms with Crippen LogP contribution in [0.5, 0.6) is 0 Å². The molecule has 0 aromatic carbocycles. The highest BCUT2D eigenvalue weighted by atomic mass is 16.5. The summed E-state index contributed by atoms with van der Waals surface area (Å²) in [5.41, 5.74) is -0.0410. The van der Waals surface area contributed by atoms with Crippen molar-refractivity contribution < 1.29 is 9.47 Å². The molecule has 0 spiro atoms. The molecule has 0 aromatic heterocycles. The van der Waals surface area contributed by atoms with E-state index in [1.807, 2.05) is 0 Å². The van der Waals surface area contributed by atoms with Crippen LogP contribution in [0.1, 0.15) is 46.0 Å². The summed E-state index contributed by atoms with van der Waals surface area (Å²) in [7, 11) is 1.77. The highest BCUT2D eigenvalue weighted by Crippen LogP contribution is 2.20. The van der Waals surface area contributed by atoms with Crippen molar-refractivity contribution in [1.29, 1.82) is 0 Å². The molecular weight excluding hydrogens is 214 g/mol. The molecule has 1 saturated heterocycles. The Morgan fingerprint density at radius 2 is 1.94 bits per heavy atom. The first-order valence-corrected chi connectivity index (χ1v) is 6.98. The van der Waals surface area contributed by atoms with Gasteiger partial charge in [0, 0.05) is 26.9 Å². The number of nitrogens with one attached hydrogen (secondary N) is 1. The number of hydrogen-bond acceptors (Lipinski definition) is 3. The van der Waals surface area contributed by atoms with Gasteiger partial charge in [0.25, 0.3) is 0 Å². The van der Waals surface area contributed by atoms with Gasteiger partial charge in [-0.1, -0.05) is 12.8 Å². The van der Waals surface area contributed by atoms with E-state index >= 15 is 0 Å². The minimum absolute atomic E-state index is 0.0410. The molecule has 1 rings (SSSR count). The maximum Gasteiger partial charge on any atom is 0.0746 e. The fourth-order valence-electron chi connectivity index (χ4n) is 2.18. The van der Waals surface area contributed by atoms with Crippen LogP contribution in [0.25, 0.3) is 0 Å². The van der Waals surface area contributed by atoms with Crippen LogP contribution in [0.3, 0.4) is 0 Å². The Bertz CT molecular complexity index is 189. The molecule has 0 radical (unpaired) electrons. The van der Waals surface area contributed by atoms with Crippen LogP contribution in [-0.2, 0) is 9.47 Å². The first-order valence-electron chi connectivity index (χ1n) is 6.98. The molecule has 102 valence electrons. The Morgan fingerprint density at radius 3 is 2.59 bits per heavy atom. The van der Waals surface area contributed by atoms with E-state index in [2.05, 4.69) is 19.2 Å². The molecule has 1 aliphatic rings. The molecule has 0 unspecified atom stereocenters. The zero-order valence-corrected chi connectivity index (χ0v) is 11.8. The topological polar surface area (TPSA) is 30.5 Å². The van der Waals surface area contributed by atoms with Gasteiger partial charge >= 0.3 is 0 Å². The average Bonchev–Trinajstić information content (AvgIpc) is 2.35. The van der Waals surface area contributed by atoms with Gasteiger partial charge in [-0.2, -0.15) is 0 Å². The summed E-state index contributed by atoms with van der Waals surface area (Å²) in [6.07, 6.45) is 6.52. The van der Waals surface area contributed by atoms with Gasteiger partial charge in [-0.3, -0.25) is 0 Å². The molecule has 17 heavy (non-hydrogen) atoms. The molecule has 1 heterocycles. The van der Waals surface area contributed by atoms with Crippen molar-refractivity contribution in [3.05, 3.63) is 0 Å². The van der Waals surface area contributed by atoms with Gasteiger partial charge in [-0.25, -0.2) is 0 Å². The molecule has 1 aliphatic heterocycles. The first-order chi connectivity index (χ1) is 8.14. The highest BCUT2D eigenvalue weighted by molar-refractivity contribution is 4.71. The van der Waals surface area contributed by atoms with E-state index < -0.39 is 0 Å². The Balaban J connectivity index is 1.90. The van der Waals surface area contributed by atoms with Gasteiger partial charge in [-0.05, 0) is 45.6 Å². The molecule has 3 nitrogen and oxygen atoms in total. The van der Waals surface area contributed by atoms with Gasteiger partial charge in [-0.15, -0.1) is 0 Å². The fraction of sp³-hybridized carbons (Fsp3) is 1.00. The minimum Gasteiger partial charge on any atom is -0.381 e. The van der Waals surface area contributed by atoms with Crippen molar-refractivity contribution in [1.82, 2.24) is 5.32 Å². The highest BCUT2D eigenvalue weighted by Gasteiger charge is 2.15. The van der Waals surface area contributed by atoms with Crippen molar-refractivity contribution in [2.24, 2.45) is 5.92 Å². The van der Waals surface area contributed by atoms with Crippen molar-refractivity contribution in [3.8, 4) is 0 Å². The Kier molecular flexibility index (Phi) is 7.09. The summed E-state index contributed by atoms with van der Waals surface area (Å²) in [6.45, 7) is 8.22. The zero-order valence-electron chi connectivity index (χ0n) is 11.8.